The summed E-state index contributed by atoms with van der Waals surface area (Å²) in [5, 5.41) is 12.2. The number of rotatable bonds is 2. The van der Waals surface area contributed by atoms with Crippen LogP contribution in [0.4, 0.5) is 0 Å². The highest BCUT2D eigenvalue weighted by Crippen LogP contribution is 2.51. The molecular formula is C48H27NO. The molecule has 0 bridgehead atoms. The van der Waals surface area contributed by atoms with Crippen LogP contribution in [0.3, 0.4) is 0 Å². The zero-order valence-electron chi connectivity index (χ0n) is 26.9. The van der Waals surface area contributed by atoms with E-state index in [4.69, 9.17) is 4.42 Å². The molecule has 9 aromatic carbocycles. The molecule has 0 N–H and O–H groups in total. The van der Waals surface area contributed by atoms with E-state index in [-0.39, 0.29) is 0 Å². The summed E-state index contributed by atoms with van der Waals surface area (Å²) in [5.41, 5.74) is 13.2. The van der Waals surface area contributed by atoms with E-state index in [0.717, 1.165) is 33.0 Å². The van der Waals surface area contributed by atoms with Crippen molar-refractivity contribution in [2.75, 3.05) is 0 Å². The van der Waals surface area contributed by atoms with Gasteiger partial charge in [-0.05, 0) is 73.1 Å². The SMILES string of the molecule is c1ccc2c(c1)-c1cccc3c(-c4ccc(-n5c6ccccc6c6c7ccccc7c7oc8ccccc8c7c65)c5ccccc45)ccc-2c13. The van der Waals surface area contributed by atoms with Gasteiger partial charge in [0, 0.05) is 26.9 Å². The zero-order chi connectivity index (χ0) is 32.5. The van der Waals surface area contributed by atoms with Crippen molar-refractivity contribution < 1.29 is 4.42 Å². The van der Waals surface area contributed by atoms with Crippen molar-refractivity contribution in [2.24, 2.45) is 0 Å². The van der Waals surface area contributed by atoms with Crippen LogP contribution in [0.25, 0.3) is 115 Å². The fraction of sp³-hybridized carbons (Fsp3) is 0. The van der Waals surface area contributed by atoms with E-state index in [1.807, 2.05) is 0 Å². The second-order valence-corrected chi connectivity index (χ2v) is 13.5. The molecule has 230 valence electrons. The Morgan fingerprint density at radius 1 is 0.320 bits per heavy atom. The van der Waals surface area contributed by atoms with Gasteiger partial charge in [-0.15, -0.1) is 0 Å². The Morgan fingerprint density at radius 3 is 1.72 bits per heavy atom. The molecule has 0 spiro atoms. The van der Waals surface area contributed by atoms with Gasteiger partial charge in [0.05, 0.1) is 22.1 Å². The summed E-state index contributed by atoms with van der Waals surface area (Å²) in [6.45, 7) is 0. The predicted octanol–water partition coefficient (Wildman–Crippen LogP) is 13.5. The third-order valence-electron chi connectivity index (χ3n) is 11.1. The van der Waals surface area contributed by atoms with Gasteiger partial charge in [-0.2, -0.15) is 0 Å². The van der Waals surface area contributed by atoms with Gasteiger partial charge in [0.1, 0.15) is 11.2 Å². The molecule has 0 saturated carbocycles. The second kappa shape index (κ2) is 9.49. The first-order valence-electron chi connectivity index (χ1n) is 17.3. The van der Waals surface area contributed by atoms with E-state index in [0.29, 0.717) is 0 Å². The van der Waals surface area contributed by atoms with Crippen LogP contribution in [-0.2, 0) is 0 Å². The van der Waals surface area contributed by atoms with Crippen molar-refractivity contribution >= 4 is 76.1 Å². The molecule has 0 unspecified atom stereocenters. The average Bonchev–Trinajstić information content (AvgIpc) is 3.84. The molecule has 2 aromatic heterocycles. The summed E-state index contributed by atoms with van der Waals surface area (Å²) in [6, 6.07) is 59.9. The van der Waals surface area contributed by atoms with Gasteiger partial charge < -0.3 is 8.98 Å². The number of furan rings is 1. The molecule has 0 amide bonds. The van der Waals surface area contributed by atoms with Crippen molar-refractivity contribution in [3.63, 3.8) is 0 Å². The molecular weight excluding hydrogens is 607 g/mol. The lowest BCUT2D eigenvalue weighted by Crippen LogP contribution is -1.97. The standard InChI is InChI=1S/C48H27NO/c1-2-14-30-29(13-1)34-20-11-21-35-32(24-25-37(30)44(34)35)31-26-27-42(33-15-4-3-12-28(31)33)49-41-22-9-7-18-39(41)45-36-16-5-6-17-38(36)48-46(47(45)49)40-19-8-10-23-43(40)50-48/h1-27H. The van der Waals surface area contributed by atoms with Crippen LogP contribution in [0.15, 0.2) is 168 Å². The largest absolute Gasteiger partial charge is 0.455 e. The molecule has 1 aliphatic carbocycles. The first-order chi connectivity index (χ1) is 24.8. The van der Waals surface area contributed by atoms with Crippen LogP contribution in [0.5, 0.6) is 0 Å². The number of hydrogen-bond donors (Lipinski definition) is 0. The van der Waals surface area contributed by atoms with Crippen LogP contribution in [0.2, 0.25) is 0 Å². The molecule has 0 aliphatic heterocycles. The molecule has 0 saturated heterocycles. The maximum absolute atomic E-state index is 6.70. The molecule has 11 aromatic rings. The molecule has 0 radical (unpaired) electrons. The lowest BCUT2D eigenvalue weighted by Gasteiger charge is -2.17. The Balaban J connectivity index is 1.22. The number of benzene rings is 9. The summed E-state index contributed by atoms with van der Waals surface area (Å²) >= 11 is 0. The maximum Gasteiger partial charge on any atom is 0.145 e. The van der Waals surface area contributed by atoms with E-state index in [1.165, 1.54) is 82.1 Å². The first-order valence-corrected chi connectivity index (χ1v) is 17.3. The first kappa shape index (κ1) is 26.3. The van der Waals surface area contributed by atoms with E-state index >= 15 is 0 Å². The number of nitrogens with zero attached hydrogens (tertiary/aromatic N) is 1. The number of para-hydroxylation sites is 2. The minimum absolute atomic E-state index is 0.909. The monoisotopic (exact) mass is 633 g/mol. The van der Waals surface area contributed by atoms with Crippen LogP contribution in [0, 0.1) is 0 Å². The molecule has 2 heteroatoms. The quantitative estimate of drug-likeness (QED) is 0.185. The van der Waals surface area contributed by atoms with E-state index in [1.54, 1.807) is 0 Å². The third kappa shape index (κ3) is 3.23. The van der Waals surface area contributed by atoms with Gasteiger partial charge >= 0.3 is 0 Å². The highest BCUT2D eigenvalue weighted by molar-refractivity contribution is 6.35. The average molecular weight is 634 g/mol. The van der Waals surface area contributed by atoms with Crippen molar-refractivity contribution in [2.45, 2.75) is 0 Å². The normalized spacial score (nSPS) is 12.4. The summed E-state index contributed by atoms with van der Waals surface area (Å²) < 4.78 is 9.20. The summed E-state index contributed by atoms with van der Waals surface area (Å²) in [4.78, 5) is 0. The van der Waals surface area contributed by atoms with Crippen LogP contribution in [-0.4, -0.2) is 4.57 Å². The fourth-order valence-corrected chi connectivity index (χ4v) is 9.13. The van der Waals surface area contributed by atoms with Gasteiger partial charge in [-0.1, -0.05) is 146 Å². The van der Waals surface area contributed by atoms with Gasteiger partial charge in [-0.3, -0.25) is 0 Å². The number of fused-ring (bicyclic) bond motifs is 14. The van der Waals surface area contributed by atoms with Crippen molar-refractivity contribution in [3.8, 4) is 39.1 Å². The van der Waals surface area contributed by atoms with Gasteiger partial charge in [-0.25, -0.2) is 0 Å². The van der Waals surface area contributed by atoms with Gasteiger partial charge in [0.25, 0.3) is 0 Å². The fourth-order valence-electron chi connectivity index (χ4n) is 9.13. The van der Waals surface area contributed by atoms with E-state index in [9.17, 15) is 0 Å². The lowest BCUT2D eigenvalue weighted by molar-refractivity contribution is 0.673. The Morgan fingerprint density at radius 2 is 0.880 bits per heavy atom. The maximum atomic E-state index is 6.70. The Kier molecular flexibility index (Phi) is 5.00. The zero-order valence-corrected chi connectivity index (χ0v) is 26.9. The van der Waals surface area contributed by atoms with Crippen molar-refractivity contribution in [1.82, 2.24) is 4.57 Å². The summed E-state index contributed by atoms with van der Waals surface area (Å²) in [7, 11) is 0. The van der Waals surface area contributed by atoms with Gasteiger partial charge in [0.2, 0.25) is 0 Å². The Labute approximate surface area is 287 Å². The number of hydrogen-bond acceptors (Lipinski definition) is 1. The Bertz CT molecular complexity index is 3240. The molecule has 2 nitrogen and oxygen atoms in total. The molecule has 0 fully saturated rings. The lowest BCUT2D eigenvalue weighted by atomic mass is 9.91. The Hall–Kier alpha value is -6.64. The topological polar surface area (TPSA) is 18.1 Å². The minimum Gasteiger partial charge on any atom is -0.455 e. The van der Waals surface area contributed by atoms with Crippen molar-refractivity contribution in [3.05, 3.63) is 164 Å². The highest BCUT2D eigenvalue weighted by atomic mass is 16.3. The molecule has 50 heavy (non-hydrogen) atoms. The van der Waals surface area contributed by atoms with Crippen LogP contribution < -0.4 is 0 Å². The van der Waals surface area contributed by atoms with Crippen molar-refractivity contribution in [1.29, 1.82) is 0 Å². The molecule has 0 atom stereocenters. The second-order valence-electron chi connectivity index (χ2n) is 13.5. The molecule has 12 rings (SSSR count). The minimum atomic E-state index is 0.909. The molecule has 1 aliphatic rings. The van der Waals surface area contributed by atoms with Crippen LogP contribution >= 0.6 is 0 Å². The van der Waals surface area contributed by atoms with Gasteiger partial charge in [0.15, 0.2) is 0 Å². The summed E-state index contributed by atoms with van der Waals surface area (Å²) in [5.74, 6) is 0. The highest BCUT2D eigenvalue weighted by Gasteiger charge is 2.25. The smallest absolute Gasteiger partial charge is 0.145 e. The number of aromatic nitrogens is 1. The van der Waals surface area contributed by atoms with E-state index in [2.05, 4.69) is 168 Å². The van der Waals surface area contributed by atoms with Crippen LogP contribution in [0.1, 0.15) is 0 Å². The third-order valence-corrected chi connectivity index (χ3v) is 11.1. The summed E-state index contributed by atoms with van der Waals surface area (Å²) in [6.07, 6.45) is 0. The van der Waals surface area contributed by atoms with E-state index < -0.39 is 0 Å². The predicted molar refractivity (Wildman–Crippen MR) is 210 cm³/mol. The molecule has 2 heterocycles.